The Kier molecular flexibility index (Phi) is 12.5. The van der Waals surface area contributed by atoms with Gasteiger partial charge in [0.2, 0.25) is 6.61 Å². The molecular formula is C30H28N10O12S4. The Morgan fingerprint density at radius 3 is 1.61 bits per heavy atom. The number of nitrogens with two attached hydrogens (primary N) is 2. The first-order chi connectivity index (χ1) is 26.6. The zero-order chi connectivity index (χ0) is 41.0. The molecule has 2 aromatic rings. The highest BCUT2D eigenvalue weighted by Crippen LogP contribution is 2.41. The Morgan fingerprint density at radius 1 is 0.821 bits per heavy atom. The average Bonchev–Trinajstić information content (AvgIpc) is 3.80. The molecule has 22 nitrogen and oxygen atoms in total. The second kappa shape index (κ2) is 17.0. The molecule has 2 aromatic heterocycles. The average molecular weight is 849 g/mol. The summed E-state index contributed by atoms with van der Waals surface area (Å²) in [5, 5.41) is 49.9. The first-order valence-electron chi connectivity index (χ1n) is 15.4. The van der Waals surface area contributed by atoms with Gasteiger partial charge in [-0.1, -0.05) is 35.6 Å². The number of nitrogens with one attached hydrogen (secondary N) is 2. The van der Waals surface area contributed by atoms with E-state index in [0.717, 1.165) is 32.5 Å². The summed E-state index contributed by atoms with van der Waals surface area (Å²) in [6, 6.07) is -1.95. The molecular weight excluding hydrogens is 821 g/mol. The number of β-lactam (4-membered cyclic amide) rings is 2. The molecule has 2 fully saturated rings. The van der Waals surface area contributed by atoms with E-state index in [1.54, 1.807) is 0 Å². The van der Waals surface area contributed by atoms with Gasteiger partial charge in [-0.05, 0) is 11.1 Å². The third-order valence-electron chi connectivity index (χ3n) is 7.87. The van der Waals surface area contributed by atoms with Gasteiger partial charge in [0.15, 0.2) is 21.7 Å². The van der Waals surface area contributed by atoms with Crippen molar-refractivity contribution in [1.82, 2.24) is 30.4 Å². The number of thiazole rings is 2. The SMILES string of the molecule is C=CC1=C(C(=O)O)N2C(=O)[C@@H](NC(=O)/C(=N\O)c3csc(N)n3)[C@H]2SC1.C=CC1=C(C(=O)O)N2C(=O)[C@@H](NC(=O)/C(=N\OCC(=O)O)c3csc(N)n3)[C@H]2SC1. The van der Waals surface area contributed by atoms with Crippen LogP contribution >= 0.6 is 46.2 Å². The number of carboxylic acid groups (broad SMARTS) is 3. The number of nitrogens with zero attached hydrogens (tertiary/aromatic N) is 6. The number of nitrogen functional groups attached to an aromatic ring is 2. The topological polar surface area (TPSA) is 343 Å². The van der Waals surface area contributed by atoms with E-state index in [1.807, 2.05) is 0 Å². The highest BCUT2D eigenvalue weighted by atomic mass is 32.2. The van der Waals surface area contributed by atoms with Crippen LogP contribution in [0, 0.1) is 0 Å². The van der Waals surface area contributed by atoms with Gasteiger partial charge in [0, 0.05) is 22.3 Å². The summed E-state index contributed by atoms with van der Waals surface area (Å²) in [7, 11) is 0. The Labute approximate surface area is 330 Å². The van der Waals surface area contributed by atoms with Gasteiger partial charge in [-0.25, -0.2) is 24.4 Å². The van der Waals surface area contributed by atoms with Crippen LogP contribution in [0.2, 0.25) is 0 Å². The molecule has 0 aliphatic carbocycles. The lowest BCUT2D eigenvalue weighted by Gasteiger charge is -2.49. The number of fused-ring (bicyclic) bond motifs is 2. The minimum atomic E-state index is -1.30. The second-order valence-corrected chi connectivity index (χ2v) is 15.2. The largest absolute Gasteiger partial charge is 0.479 e. The molecule has 6 rings (SSSR count). The summed E-state index contributed by atoms with van der Waals surface area (Å²) in [6.07, 6.45) is 2.78. The number of amides is 4. The van der Waals surface area contributed by atoms with E-state index in [9.17, 15) is 43.8 Å². The predicted molar refractivity (Wildman–Crippen MR) is 201 cm³/mol. The zero-order valence-electron chi connectivity index (χ0n) is 28.2. The summed E-state index contributed by atoms with van der Waals surface area (Å²) >= 11 is 4.66. The maximum atomic E-state index is 12.7. The molecule has 26 heteroatoms. The maximum absolute atomic E-state index is 12.7. The third kappa shape index (κ3) is 8.07. The lowest BCUT2D eigenvalue weighted by Crippen LogP contribution is -2.71. The number of carbonyl (C=O) groups excluding carboxylic acids is 4. The number of oxime groups is 2. The Morgan fingerprint density at radius 2 is 1.25 bits per heavy atom. The molecule has 4 aliphatic rings. The summed E-state index contributed by atoms with van der Waals surface area (Å²) in [5.74, 6) is -6.00. The first-order valence-corrected chi connectivity index (χ1v) is 19.2. The summed E-state index contributed by atoms with van der Waals surface area (Å²) in [5.41, 5.74) is 11.0. The lowest BCUT2D eigenvalue weighted by atomic mass is 10.0. The number of carboxylic acids is 3. The van der Waals surface area contributed by atoms with Crippen molar-refractivity contribution in [3.05, 3.63) is 70.0 Å². The number of aromatic nitrogens is 2. The molecule has 4 aliphatic heterocycles. The Balaban J connectivity index is 0.000000216. The van der Waals surface area contributed by atoms with Crippen molar-refractivity contribution in [3.8, 4) is 0 Å². The Bertz CT molecular complexity index is 2180. The van der Waals surface area contributed by atoms with E-state index < -0.39 is 71.0 Å². The van der Waals surface area contributed by atoms with Crippen molar-refractivity contribution in [1.29, 1.82) is 0 Å². The summed E-state index contributed by atoms with van der Waals surface area (Å²) in [6.45, 7) is 6.33. The second-order valence-electron chi connectivity index (χ2n) is 11.2. The molecule has 0 bridgehead atoms. The van der Waals surface area contributed by atoms with Gasteiger partial charge in [0.05, 0.1) is 0 Å². The quantitative estimate of drug-likeness (QED) is 0.0534. The molecule has 294 valence electrons. The molecule has 0 unspecified atom stereocenters. The van der Waals surface area contributed by atoms with Crippen molar-refractivity contribution >= 4 is 109 Å². The van der Waals surface area contributed by atoms with E-state index in [2.05, 4.69) is 48.9 Å². The molecule has 4 atom stereocenters. The molecule has 4 amide bonds. The number of thioether (sulfide) groups is 2. The van der Waals surface area contributed by atoms with Crippen molar-refractivity contribution in [2.24, 2.45) is 10.3 Å². The van der Waals surface area contributed by atoms with Gasteiger partial charge < -0.3 is 47.5 Å². The molecule has 6 heterocycles. The number of hydrogen-bond acceptors (Lipinski definition) is 19. The van der Waals surface area contributed by atoms with E-state index in [0.29, 0.717) is 22.7 Å². The van der Waals surface area contributed by atoms with Crippen LogP contribution in [0.15, 0.2) is 68.9 Å². The molecule has 0 aromatic carbocycles. The summed E-state index contributed by atoms with van der Waals surface area (Å²) < 4.78 is 0. The Hall–Kier alpha value is -6.25. The number of aliphatic carboxylic acids is 3. The van der Waals surface area contributed by atoms with Crippen molar-refractivity contribution in [2.75, 3.05) is 29.6 Å². The maximum Gasteiger partial charge on any atom is 0.352 e. The van der Waals surface area contributed by atoms with E-state index in [1.165, 1.54) is 46.4 Å². The smallest absolute Gasteiger partial charge is 0.352 e. The molecule has 10 N–H and O–H groups in total. The van der Waals surface area contributed by atoms with Gasteiger partial charge in [0.1, 0.15) is 45.6 Å². The minimum Gasteiger partial charge on any atom is -0.479 e. The number of carbonyl (C=O) groups is 7. The van der Waals surface area contributed by atoms with Crippen LogP contribution < -0.4 is 22.1 Å². The lowest BCUT2D eigenvalue weighted by molar-refractivity contribution is -0.150. The first kappa shape index (κ1) is 40.9. The van der Waals surface area contributed by atoms with E-state index >= 15 is 0 Å². The van der Waals surface area contributed by atoms with Gasteiger partial charge in [-0.2, -0.15) is 0 Å². The van der Waals surface area contributed by atoms with Crippen LogP contribution in [0.4, 0.5) is 10.3 Å². The van der Waals surface area contributed by atoms with E-state index in [-0.39, 0.29) is 44.5 Å². The fourth-order valence-corrected chi connectivity index (χ4v) is 9.16. The van der Waals surface area contributed by atoms with Crippen LogP contribution in [0.3, 0.4) is 0 Å². The normalized spacial score (nSPS) is 21.6. The number of allylic oxidation sites excluding steroid dienone is 2. The monoisotopic (exact) mass is 848 g/mol. The standard InChI is InChI=1S/C16H15N5O7S2.C14H13N5O5S2/c1-2-6-4-29-14-10(13(25)21(14)11(6)15(26)27)19-12(24)9(20-28-3-8(22)23)7-5-30-16(17)18-7;1-2-5-3-25-12-8(11(21)19(12)9(5)13(22)23)17-10(20)7(18-24)6-4-26-14(15)16-6/h2,5,10,14H,1,3-4H2,(H2,17,18)(H,19,24)(H,22,23)(H,26,27);2,4,8,12,24H,1,3H2,(H2,15,16)(H,17,20)(H,22,23)/b20-9-;18-7-/t10-,14-;8-,12-/m11/s1. The fourth-order valence-electron chi connectivity index (χ4n) is 5.38. The molecule has 0 saturated carbocycles. The molecule has 0 radical (unpaired) electrons. The van der Waals surface area contributed by atoms with Crippen molar-refractivity contribution < 1.29 is 58.9 Å². The van der Waals surface area contributed by atoms with Gasteiger partial charge >= 0.3 is 17.9 Å². The van der Waals surface area contributed by atoms with Crippen molar-refractivity contribution in [2.45, 2.75) is 22.8 Å². The third-order valence-corrected chi connectivity index (χ3v) is 11.8. The predicted octanol–water partition coefficient (Wildman–Crippen LogP) is -0.717. The number of rotatable bonds is 13. The number of hydrogen-bond donors (Lipinski definition) is 8. The van der Waals surface area contributed by atoms with Gasteiger partial charge in [0.25, 0.3) is 23.6 Å². The van der Waals surface area contributed by atoms with Crippen LogP contribution in [-0.4, -0.2) is 134 Å². The number of anilines is 2. The van der Waals surface area contributed by atoms with E-state index in [4.69, 9.17) is 21.8 Å². The fraction of sp³-hybridized carbons (Fsp3) is 0.233. The van der Waals surface area contributed by atoms with Crippen molar-refractivity contribution in [3.63, 3.8) is 0 Å². The summed E-state index contributed by atoms with van der Waals surface area (Å²) in [4.78, 5) is 98.3. The van der Waals surface area contributed by atoms with Gasteiger partial charge in [-0.3, -0.25) is 29.0 Å². The van der Waals surface area contributed by atoms with Gasteiger partial charge in [-0.15, -0.1) is 46.2 Å². The molecule has 56 heavy (non-hydrogen) atoms. The molecule has 0 spiro atoms. The van der Waals surface area contributed by atoms with Crippen LogP contribution in [0.5, 0.6) is 0 Å². The minimum absolute atomic E-state index is 0.0420. The van der Waals surface area contributed by atoms with Crippen LogP contribution in [-0.2, 0) is 38.4 Å². The van der Waals surface area contributed by atoms with Crippen LogP contribution in [0.25, 0.3) is 0 Å². The molecule has 2 saturated heterocycles. The highest BCUT2D eigenvalue weighted by Gasteiger charge is 2.55. The van der Waals surface area contributed by atoms with Crippen LogP contribution in [0.1, 0.15) is 11.4 Å². The highest BCUT2D eigenvalue weighted by molar-refractivity contribution is 8.00. The zero-order valence-corrected chi connectivity index (χ0v) is 31.4.